The first-order chi connectivity index (χ1) is 15.0. The molecular weight excluding hydrogens is 392 g/mol. The van der Waals surface area contributed by atoms with Crippen LogP contribution >= 0.6 is 0 Å². The maximum atomic E-state index is 11.4. The molecule has 0 aliphatic carbocycles. The molecule has 0 aliphatic rings. The van der Waals surface area contributed by atoms with E-state index in [1.165, 1.54) is 4.57 Å². The van der Waals surface area contributed by atoms with Crippen LogP contribution in [0.5, 0.6) is 5.88 Å². The van der Waals surface area contributed by atoms with Gasteiger partial charge in [-0.15, -0.1) is 0 Å². The van der Waals surface area contributed by atoms with Gasteiger partial charge in [0.15, 0.2) is 0 Å². The van der Waals surface area contributed by atoms with Crippen LogP contribution in [0, 0.1) is 5.41 Å². The summed E-state index contributed by atoms with van der Waals surface area (Å²) in [7, 11) is 0. The van der Waals surface area contributed by atoms with E-state index in [4.69, 9.17) is 16.1 Å². The van der Waals surface area contributed by atoms with Crippen molar-refractivity contribution in [3.8, 4) is 5.88 Å². The van der Waals surface area contributed by atoms with E-state index in [0.717, 1.165) is 5.56 Å². The zero-order valence-corrected chi connectivity index (χ0v) is 16.5. The van der Waals surface area contributed by atoms with Crippen molar-refractivity contribution >= 4 is 34.1 Å². The topological polar surface area (TPSA) is 125 Å². The number of para-hydroxylation sites is 1. The van der Waals surface area contributed by atoms with E-state index >= 15 is 0 Å². The predicted molar refractivity (Wildman–Crippen MR) is 120 cm³/mol. The van der Waals surface area contributed by atoms with Crippen LogP contribution in [0.2, 0.25) is 0 Å². The summed E-state index contributed by atoms with van der Waals surface area (Å²) in [5.74, 6) is -1.25. The summed E-state index contributed by atoms with van der Waals surface area (Å²) in [4.78, 5) is 16.2. The van der Waals surface area contributed by atoms with Crippen molar-refractivity contribution in [3.63, 3.8) is 0 Å². The van der Waals surface area contributed by atoms with Gasteiger partial charge in [0.05, 0.1) is 22.5 Å². The molecular formula is C24H20N4O3. The Morgan fingerprint density at radius 1 is 0.935 bits per heavy atom. The number of carboxylic acids is 1. The summed E-state index contributed by atoms with van der Waals surface area (Å²) in [5, 5.41) is 28.6. The number of nitrogen functional groups attached to an aromatic ring is 1. The maximum Gasteiger partial charge on any atom is 0.323 e. The minimum absolute atomic E-state index is 0.0341. The molecule has 4 aromatic rings. The van der Waals surface area contributed by atoms with Crippen molar-refractivity contribution in [3.05, 3.63) is 95.6 Å². The summed E-state index contributed by atoms with van der Waals surface area (Å²) in [6.45, 7) is -0.373. The number of nitrogens with zero attached hydrogens (tertiary/aromatic N) is 2. The number of hydrogen-bond acceptors (Lipinski definition) is 4. The zero-order valence-electron chi connectivity index (χ0n) is 16.5. The van der Waals surface area contributed by atoms with E-state index in [1.807, 2.05) is 42.5 Å². The number of aliphatic imine (C=N–C) groups is 1. The Labute approximate surface area is 178 Å². The lowest BCUT2D eigenvalue weighted by molar-refractivity contribution is -0.137. The van der Waals surface area contributed by atoms with E-state index in [9.17, 15) is 15.0 Å². The van der Waals surface area contributed by atoms with Gasteiger partial charge in [0.2, 0.25) is 5.88 Å². The van der Waals surface area contributed by atoms with Gasteiger partial charge in [0.1, 0.15) is 12.4 Å². The molecule has 4 rings (SSSR count). The first-order valence-corrected chi connectivity index (χ1v) is 9.56. The number of nitrogens with two attached hydrogens (primary N) is 1. The number of fused-ring (bicyclic) bond motifs is 1. The van der Waals surface area contributed by atoms with Crippen molar-refractivity contribution < 1.29 is 15.0 Å². The van der Waals surface area contributed by atoms with Gasteiger partial charge in [-0.2, -0.15) is 0 Å². The fourth-order valence-electron chi connectivity index (χ4n) is 3.52. The third-order valence-corrected chi connectivity index (χ3v) is 4.94. The second kappa shape index (κ2) is 8.16. The Morgan fingerprint density at radius 2 is 1.58 bits per heavy atom. The molecule has 0 aliphatic heterocycles. The maximum absolute atomic E-state index is 11.4. The summed E-state index contributed by atoms with van der Waals surface area (Å²) in [6.07, 6.45) is 0. The Bertz CT molecular complexity index is 1310. The number of aliphatic carboxylic acids is 1. The zero-order chi connectivity index (χ0) is 22.0. The highest BCUT2D eigenvalue weighted by Crippen LogP contribution is 2.34. The van der Waals surface area contributed by atoms with Gasteiger partial charge < -0.3 is 20.5 Å². The van der Waals surface area contributed by atoms with Crippen molar-refractivity contribution in [1.82, 2.24) is 4.57 Å². The monoisotopic (exact) mass is 412 g/mol. The minimum Gasteiger partial charge on any atom is -0.494 e. The fraction of sp³-hybridized carbons (Fsp3) is 0.0417. The van der Waals surface area contributed by atoms with Crippen molar-refractivity contribution in [2.24, 2.45) is 10.7 Å². The molecule has 31 heavy (non-hydrogen) atoms. The normalized spacial score (nSPS) is 11.5. The molecule has 154 valence electrons. The molecule has 0 fully saturated rings. The van der Waals surface area contributed by atoms with Gasteiger partial charge >= 0.3 is 5.97 Å². The molecule has 0 radical (unpaired) electrons. The number of aromatic hydroxyl groups is 1. The number of rotatable bonds is 6. The molecule has 5 N–H and O–H groups in total. The van der Waals surface area contributed by atoms with Crippen LogP contribution in [0.1, 0.15) is 16.7 Å². The van der Waals surface area contributed by atoms with Crippen LogP contribution in [0.4, 0.5) is 5.69 Å². The Hall–Kier alpha value is -4.39. The van der Waals surface area contributed by atoms with E-state index in [1.54, 1.807) is 36.4 Å². The fourth-order valence-corrected chi connectivity index (χ4v) is 3.52. The smallest absolute Gasteiger partial charge is 0.323 e. The van der Waals surface area contributed by atoms with Crippen LogP contribution in [0.25, 0.3) is 10.9 Å². The molecule has 0 unspecified atom stereocenters. The molecule has 1 aromatic heterocycles. The third-order valence-electron chi connectivity index (χ3n) is 4.94. The molecule has 0 amide bonds. The van der Waals surface area contributed by atoms with Gasteiger partial charge in [0, 0.05) is 16.5 Å². The van der Waals surface area contributed by atoms with Crippen molar-refractivity contribution in [1.29, 1.82) is 5.41 Å². The van der Waals surface area contributed by atoms with Crippen LogP contribution in [0.3, 0.4) is 0 Å². The summed E-state index contributed by atoms with van der Waals surface area (Å²) >= 11 is 0. The van der Waals surface area contributed by atoms with E-state index in [0.29, 0.717) is 33.4 Å². The van der Waals surface area contributed by atoms with Crippen molar-refractivity contribution in [2.45, 2.75) is 6.54 Å². The lowest BCUT2D eigenvalue weighted by atomic mass is 10.0. The van der Waals surface area contributed by atoms with E-state index in [2.05, 4.69) is 0 Å². The summed E-state index contributed by atoms with van der Waals surface area (Å²) in [5.41, 5.74) is 9.07. The lowest BCUT2D eigenvalue weighted by Crippen LogP contribution is -2.10. The van der Waals surface area contributed by atoms with Crippen LogP contribution < -0.4 is 5.73 Å². The molecule has 0 saturated heterocycles. The molecule has 3 aromatic carbocycles. The quantitative estimate of drug-likeness (QED) is 0.283. The molecule has 7 nitrogen and oxygen atoms in total. The third kappa shape index (κ3) is 3.89. The predicted octanol–water partition coefficient (Wildman–Crippen LogP) is 3.88. The number of hydrogen-bond donors (Lipinski definition) is 4. The average Bonchev–Trinajstić information content (AvgIpc) is 3.04. The molecule has 0 spiro atoms. The first-order valence-electron chi connectivity index (χ1n) is 9.56. The van der Waals surface area contributed by atoms with Crippen molar-refractivity contribution in [2.75, 3.05) is 0 Å². The number of aromatic nitrogens is 1. The van der Waals surface area contributed by atoms with Gasteiger partial charge in [-0.3, -0.25) is 10.2 Å². The highest BCUT2D eigenvalue weighted by Gasteiger charge is 2.23. The summed E-state index contributed by atoms with van der Waals surface area (Å²) < 4.78 is 1.37. The largest absolute Gasteiger partial charge is 0.494 e. The molecule has 7 heteroatoms. The molecule has 0 saturated carbocycles. The number of amidine groups is 1. The standard InChI is InChI=1S/C24H20N4O3/c25-23(26)16-10-12-17(13-11-16)27-22(15-6-2-1-3-7-15)21-18-8-4-5-9-19(18)28(24(21)31)14-20(29)30/h1-13,31H,14H2,(H3,25,26)(H,29,30). The van der Waals surface area contributed by atoms with E-state index < -0.39 is 5.97 Å². The molecule has 1 heterocycles. The highest BCUT2D eigenvalue weighted by molar-refractivity contribution is 6.22. The Morgan fingerprint density at radius 3 is 2.23 bits per heavy atom. The molecule has 0 bridgehead atoms. The lowest BCUT2D eigenvalue weighted by Gasteiger charge is -2.09. The van der Waals surface area contributed by atoms with Crippen LogP contribution in [-0.2, 0) is 11.3 Å². The Kier molecular flexibility index (Phi) is 5.24. The number of carbonyl (C=O) groups is 1. The van der Waals surface area contributed by atoms with Crippen LogP contribution in [-0.4, -0.2) is 32.3 Å². The highest BCUT2D eigenvalue weighted by atomic mass is 16.4. The van der Waals surface area contributed by atoms with E-state index in [-0.39, 0.29) is 18.3 Å². The van der Waals surface area contributed by atoms with Gasteiger partial charge in [-0.05, 0) is 30.3 Å². The number of benzene rings is 3. The average molecular weight is 412 g/mol. The van der Waals surface area contributed by atoms with Gasteiger partial charge in [0.25, 0.3) is 0 Å². The molecule has 0 atom stereocenters. The second-order valence-corrected chi connectivity index (χ2v) is 6.98. The van der Waals surface area contributed by atoms with Gasteiger partial charge in [-0.25, -0.2) is 4.99 Å². The Balaban J connectivity index is 1.97. The second-order valence-electron chi connectivity index (χ2n) is 6.98. The first kappa shape index (κ1) is 19.9. The summed E-state index contributed by atoms with van der Waals surface area (Å²) in [6, 6.07) is 23.5. The SMILES string of the molecule is N=C(N)c1ccc(N=C(c2ccccc2)c2c(O)n(CC(=O)O)c3ccccc23)cc1. The minimum atomic E-state index is -1.05. The van der Waals surface area contributed by atoms with Crippen LogP contribution in [0.15, 0.2) is 83.9 Å². The van der Waals surface area contributed by atoms with Gasteiger partial charge in [-0.1, -0.05) is 48.5 Å². The number of carboxylic acid groups (broad SMARTS) is 1. The number of nitrogens with one attached hydrogen (secondary N) is 1.